The molecule has 0 unspecified atom stereocenters. The summed E-state index contributed by atoms with van der Waals surface area (Å²) < 4.78 is 5.42. The molecule has 0 spiro atoms. The zero-order valence-corrected chi connectivity index (χ0v) is 10.8. The predicted molar refractivity (Wildman–Crippen MR) is 70.9 cm³/mol. The van der Waals surface area contributed by atoms with E-state index in [1.54, 1.807) is 18.6 Å². The van der Waals surface area contributed by atoms with Gasteiger partial charge in [-0.3, -0.25) is 4.98 Å². The lowest BCUT2D eigenvalue weighted by molar-refractivity contribution is 0.111. The monoisotopic (exact) mass is 265 g/mol. The minimum atomic E-state index is -0.170. The fourth-order valence-corrected chi connectivity index (χ4v) is 1.83. The van der Waals surface area contributed by atoms with Gasteiger partial charge in [0.2, 0.25) is 0 Å². The molecule has 1 aliphatic heterocycles. The van der Waals surface area contributed by atoms with Gasteiger partial charge in [0.25, 0.3) is 0 Å². The number of nitrogens with zero attached hydrogens (tertiary/aromatic N) is 2. The Morgan fingerprint density at radius 2 is 2.32 bits per heavy atom. The molecular weight excluding hydrogens is 246 g/mol. The molecule has 3 N–H and O–H groups in total. The Balaban J connectivity index is 1.51. The highest BCUT2D eigenvalue weighted by atomic mass is 16.5. The summed E-state index contributed by atoms with van der Waals surface area (Å²) in [6, 6.07) is -0.170. The van der Waals surface area contributed by atoms with E-state index in [2.05, 4.69) is 25.9 Å². The minimum Gasteiger partial charge on any atom is -0.376 e. The molecule has 1 atom stereocenters. The number of amides is 2. The molecule has 2 amide bonds. The van der Waals surface area contributed by atoms with Gasteiger partial charge in [0.15, 0.2) is 0 Å². The van der Waals surface area contributed by atoms with Crippen LogP contribution in [-0.4, -0.2) is 48.3 Å². The Morgan fingerprint density at radius 3 is 3.05 bits per heavy atom. The fraction of sp³-hybridized carbons (Fsp3) is 0.583. The van der Waals surface area contributed by atoms with Crippen LogP contribution in [0.3, 0.4) is 0 Å². The van der Waals surface area contributed by atoms with E-state index in [0.717, 1.165) is 19.4 Å². The fourth-order valence-electron chi connectivity index (χ4n) is 1.83. The van der Waals surface area contributed by atoms with E-state index < -0.39 is 0 Å². The van der Waals surface area contributed by atoms with Crippen LogP contribution in [0.2, 0.25) is 0 Å². The first-order valence-electron chi connectivity index (χ1n) is 6.48. The summed E-state index contributed by atoms with van der Waals surface area (Å²) in [6.07, 6.45) is 7.14. The lowest BCUT2D eigenvalue weighted by atomic mass is 10.2. The molecular formula is C12H19N5O2. The number of carbonyl (C=O) groups is 1. The van der Waals surface area contributed by atoms with Crippen molar-refractivity contribution in [3.05, 3.63) is 18.6 Å². The Hall–Kier alpha value is -1.89. The van der Waals surface area contributed by atoms with Crippen molar-refractivity contribution in [2.45, 2.75) is 18.9 Å². The Labute approximate surface area is 112 Å². The molecule has 104 valence electrons. The first kappa shape index (κ1) is 13.5. The number of urea groups is 1. The maximum absolute atomic E-state index is 11.5. The number of hydrogen-bond donors (Lipinski definition) is 3. The number of aromatic nitrogens is 2. The van der Waals surface area contributed by atoms with Gasteiger partial charge in [0.05, 0.1) is 12.3 Å². The third-order valence-electron chi connectivity index (χ3n) is 2.79. The van der Waals surface area contributed by atoms with Gasteiger partial charge in [-0.2, -0.15) is 0 Å². The van der Waals surface area contributed by atoms with Crippen LogP contribution in [0.1, 0.15) is 12.8 Å². The highest BCUT2D eigenvalue weighted by molar-refractivity contribution is 5.73. The van der Waals surface area contributed by atoms with Gasteiger partial charge in [-0.1, -0.05) is 0 Å². The van der Waals surface area contributed by atoms with Crippen molar-refractivity contribution in [2.24, 2.45) is 0 Å². The van der Waals surface area contributed by atoms with Crippen molar-refractivity contribution in [2.75, 3.05) is 31.6 Å². The largest absolute Gasteiger partial charge is 0.376 e. The van der Waals surface area contributed by atoms with Gasteiger partial charge in [-0.25, -0.2) is 9.78 Å². The molecule has 1 aliphatic rings. The van der Waals surface area contributed by atoms with Crippen LogP contribution in [0.15, 0.2) is 18.6 Å². The molecule has 19 heavy (non-hydrogen) atoms. The van der Waals surface area contributed by atoms with E-state index in [9.17, 15) is 4.79 Å². The first-order chi connectivity index (χ1) is 9.34. The van der Waals surface area contributed by atoms with Crippen LogP contribution in [0.4, 0.5) is 10.6 Å². The highest BCUT2D eigenvalue weighted by Gasteiger charge is 2.15. The quantitative estimate of drug-likeness (QED) is 0.647. The van der Waals surface area contributed by atoms with Gasteiger partial charge < -0.3 is 20.7 Å². The van der Waals surface area contributed by atoms with Crippen molar-refractivity contribution >= 4 is 11.8 Å². The van der Waals surface area contributed by atoms with Crippen LogP contribution in [-0.2, 0) is 4.74 Å². The molecule has 0 aromatic carbocycles. The van der Waals surface area contributed by atoms with E-state index >= 15 is 0 Å². The molecule has 1 saturated heterocycles. The third kappa shape index (κ3) is 5.09. The van der Waals surface area contributed by atoms with Gasteiger partial charge in [0.1, 0.15) is 5.82 Å². The normalized spacial score (nSPS) is 18.0. The van der Waals surface area contributed by atoms with Crippen molar-refractivity contribution in [1.82, 2.24) is 20.6 Å². The molecule has 0 radical (unpaired) electrons. The maximum atomic E-state index is 11.5. The van der Waals surface area contributed by atoms with Crippen molar-refractivity contribution in [1.29, 1.82) is 0 Å². The molecule has 2 rings (SSSR count). The average Bonchev–Trinajstić information content (AvgIpc) is 2.96. The molecule has 7 heteroatoms. The zero-order chi connectivity index (χ0) is 13.3. The summed E-state index contributed by atoms with van der Waals surface area (Å²) in [5.74, 6) is 0.698. The van der Waals surface area contributed by atoms with Crippen molar-refractivity contribution < 1.29 is 9.53 Å². The number of nitrogens with one attached hydrogen (secondary N) is 3. The molecule has 1 aromatic heterocycles. The summed E-state index contributed by atoms with van der Waals surface area (Å²) in [6.45, 7) is 2.50. The van der Waals surface area contributed by atoms with Crippen LogP contribution >= 0.6 is 0 Å². The van der Waals surface area contributed by atoms with Crippen molar-refractivity contribution in [3.8, 4) is 0 Å². The summed E-state index contributed by atoms with van der Waals surface area (Å²) in [5.41, 5.74) is 0. The zero-order valence-electron chi connectivity index (χ0n) is 10.8. The second-order valence-corrected chi connectivity index (χ2v) is 4.29. The molecule has 2 heterocycles. The van der Waals surface area contributed by atoms with Gasteiger partial charge >= 0.3 is 6.03 Å². The van der Waals surface area contributed by atoms with Crippen molar-refractivity contribution in [3.63, 3.8) is 0 Å². The van der Waals surface area contributed by atoms with Crippen LogP contribution in [0, 0.1) is 0 Å². The second kappa shape index (κ2) is 7.52. The number of hydrogen-bond acceptors (Lipinski definition) is 5. The summed E-state index contributed by atoms with van der Waals surface area (Å²) in [5, 5.41) is 8.61. The molecule has 0 bridgehead atoms. The van der Waals surface area contributed by atoms with Gasteiger partial charge in [0, 0.05) is 38.6 Å². The van der Waals surface area contributed by atoms with Gasteiger partial charge in [-0.15, -0.1) is 0 Å². The topological polar surface area (TPSA) is 88.2 Å². The standard InChI is InChI=1S/C12H19N5O2/c18-12(17-8-10-2-1-7-19-10)16-6-5-15-11-9-13-3-4-14-11/h3-4,9-10H,1-2,5-8H2,(H,14,15)(H2,16,17,18)/t10-/m0/s1. The minimum absolute atomic E-state index is 0.170. The molecule has 1 fully saturated rings. The lowest BCUT2D eigenvalue weighted by Crippen LogP contribution is -2.41. The van der Waals surface area contributed by atoms with E-state index in [1.807, 2.05) is 0 Å². The van der Waals surface area contributed by atoms with E-state index in [4.69, 9.17) is 4.74 Å². The lowest BCUT2D eigenvalue weighted by Gasteiger charge is -2.12. The Kier molecular flexibility index (Phi) is 5.36. The van der Waals surface area contributed by atoms with E-state index in [1.165, 1.54) is 0 Å². The first-order valence-corrected chi connectivity index (χ1v) is 6.48. The number of anilines is 1. The van der Waals surface area contributed by atoms with E-state index in [-0.39, 0.29) is 12.1 Å². The van der Waals surface area contributed by atoms with Gasteiger partial charge in [-0.05, 0) is 12.8 Å². The van der Waals surface area contributed by atoms with Crippen LogP contribution in [0.5, 0.6) is 0 Å². The van der Waals surface area contributed by atoms with Crippen LogP contribution in [0.25, 0.3) is 0 Å². The molecule has 0 aliphatic carbocycles. The maximum Gasteiger partial charge on any atom is 0.314 e. The molecule has 1 aromatic rings. The SMILES string of the molecule is O=C(NCCNc1cnccn1)NC[C@@H]1CCCO1. The molecule has 7 nitrogen and oxygen atoms in total. The smallest absolute Gasteiger partial charge is 0.314 e. The van der Waals surface area contributed by atoms with E-state index in [0.29, 0.717) is 25.5 Å². The number of ether oxygens (including phenoxy) is 1. The Bertz CT molecular complexity index is 381. The second-order valence-electron chi connectivity index (χ2n) is 4.29. The number of rotatable bonds is 6. The predicted octanol–water partition coefficient (Wildman–Crippen LogP) is 0.367. The Morgan fingerprint density at radius 1 is 1.37 bits per heavy atom. The summed E-state index contributed by atoms with van der Waals surface area (Å²) in [7, 11) is 0. The summed E-state index contributed by atoms with van der Waals surface area (Å²) in [4.78, 5) is 19.5. The average molecular weight is 265 g/mol. The summed E-state index contributed by atoms with van der Waals surface area (Å²) >= 11 is 0. The third-order valence-corrected chi connectivity index (χ3v) is 2.79. The van der Waals surface area contributed by atoms with Crippen LogP contribution < -0.4 is 16.0 Å². The highest BCUT2D eigenvalue weighted by Crippen LogP contribution is 2.10. The number of carbonyl (C=O) groups excluding carboxylic acids is 1. The molecule has 0 saturated carbocycles.